The fourth-order valence-electron chi connectivity index (χ4n) is 3.06. The van der Waals surface area contributed by atoms with E-state index in [0.29, 0.717) is 17.8 Å². The Morgan fingerprint density at radius 1 is 1.16 bits per heavy atom. The van der Waals surface area contributed by atoms with Crippen molar-refractivity contribution < 1.29 is 0 Å². The van der Waals surface area contributed by atoms with Crippen LogP contribution >= 0.6 is 0 Å². The van der Waals surface area contributed by atoms with Gasteiger partial charge in [0, 0.05) is 24.1 Å². The second-order valence-electron chi connectivity index (χ2n) is 6.36. The highest BCUT2D eigenvalue weighted by Crippen LogP contribution is 2.40. The number of hydrogen-bond donors (Lipinski definition) is 1. The first-order valence-corrected chi connectivity index (χ1v) is 7.47. The SMILES string of the molecule is Cc1c(N)nc(C2CC2)nc1N1CCC(C)CC1C. The van der Waals surface area contributed by atoms with Crippen LogP contribution < -0.4 is 10.6 Å². The fourth-order valence-corrected chi connectivity index (χ4v) is 3.06. The fraction of sp³-hybridized carbons (Fsp3) is 0.733. The zero-order valence-corrected chi connectivity index (χ0v) is 12.2. The summed E-state index contributed by atoms with van der Waals surface area (Å²) in [4.78, 5) is 11.7. The van der Waals surface area contributed by atoms with E-state index in [0.717, 1.165) is 29.7 Å². The number of piperidine rings is 1. The van der Waals surface area contributed by atoms with Crippen LogP contribution in [0.5, 0.6) is 0 Å². The summed E-state index contributed by atoms with van der Waals surface area (Å²) in [6.07, 6.45) is 4.91. The normalized spacial score (nSPS) is 27.6. The molecular formula is C15H24N4. The molecule has 2 fully saturated rings. The van der Waals surface area contributed by atoms with E-state index in [1.165, 1.54) is 25.7 Å². The minimum Gasteiger partial charge on any atom is -0.383 e. The molecule has 2 aliphatic rings. The summed E-state index contributed by atoms with van der Waals surface area (Å²) in [6.45, 7) is 7.77. The van der Waals surface area contributed by atoms with E-state index in [1.54, 1.807) is 0 Å². The Hall–Kier alpha value is -1.32. The molecule has 2 N–H and O–H groups in total. The largest absolute Gasteiger partial charge is 0.383 e. The lowest BCUT2D eigenvalue weighted by molar-refractivity contribution is 0.375. The number of nitrogens with zero attached hydrogens (tertiary/aromatic N) is 3. The average Bonchev–Trinajstić information content (AvgIpc) is 3.17. The van der Waals surface area contributed by atoms with Gasteiger partial charge in [-0.25, -0.2) is 9.97 Å². The maximum Gasteiger partial charge on any atom is 0.137 e. The average molecular weight is 260 g/mol. The van der Waals surface area contributed by atoms with Crippen LogP contribution in [0.2, 0.25) is 0 Å². The zero-order chi connectivity index (χ0) is 13.6. The third-order valence-electron chi connectivity index (χ3n) is 4.53. The molecule has 1 aliphatic heterocycles. The summed E-state index contributed by atoms with van der Waals surface area (Å²) in [5, 5.41) is 0. The monoisotopic (exact) mass is 260 g/mol. The van der Waals surface area contributed by atoms with Crippen molar-refractivity contribution >= 4 is 11.6 Å². The highest BCUT2D eigenvalue weighted by molar-refractivity contribution is 5.57. The molecule has 2 heterocycles. The standard InChI is InChI=1S/C15H24N4/c1-9-6-7-19(10(2)8-9)15-11(3)13(16)17-14(18-15)12-4-5-12/h9-10,12H,4-8H2,1-3H3,(H2,16,17,18). The van der Waals surface area contributed by atoms with Gasteiger partial charge in [0.05, 0.1) is 0 Å². The van der Waals surface area contributed by atoms with Gasteiger partial charge in [-0.05, 0) is 45.4 Å². The van der Waals surface area contributed by atoms with Crippen LogP contribution in [0.4, 0.5) is 11.6 Å². The molecule has 104 valence electrons. The van der Waals surface area contributed by atoms with Crippen LogP contribution in [0.3, 0.4) is 0 Å². The Morgan fingerprint density at radius 2 is 1.89 bits per heavy atom. The van der Waals surface area contributed by atoms with Crippen LogP contribution in [-0.4, -0.2) is 22.6 Å². The van der Waals surface area contributed by atoms with Crippen LogP contribution in [0.15, 0.2) is 0 Å². The lowest BCUT2D eigenvalue weighted by Gasteiger charge is -2.38. The lowest BCUT2D eigenvalue weighted by Crippen LogP contribution is -2.41. The minimum atomic E-state index is 0.545. The van der Waals surface area contributed by atoms with Crippen LogP contribution in [0.25, 0.3) is 0 Å². The second kappa shape index (κ2) is 4.66. The molecule has 2 atom stereocenters. The lowest BCUT2D eigenvalue weighted by atomic mass is 9.93. The van der Waals surface area contributed by atoms with Gasteiger partial charge in [-0.2, -0.15) is 0 Å². The molecule has 0 bridgehead atoms. The molecule has 1 aromatic rings. The molecule has 4 nitrogen and oxygen atoms in total. The summed E-state index contributed by atoms with van der Waals surface area (Å²) in [7, 11) is 0. The number of aromatic nitrogens is 2. The minimum absolute atomic E-state index is 0.545. The van der Waals surface area contributed by atoms with Crippen molar-refractivity contribution in [1.29, 1.82) is 0 Å². The number of hydrogen-bond acceptors (Lipinski definition) is 4. The van der Waals surface area contributed by atoms with E-state index in [1.807, 2.05) is 6.92 Å². The summed E-state index contributed by atoms with van der Waals surface area (Å²) in [5.74, 6) is 4.07. The van der Waals surface area contributed by atoms with Gasteiger partial charge < -0.3 is 10.6 Å². The van der Waals surface area contributed by atoms with E-state index in [-0.39, 0.29) is 0 Å². The number of anilines is 2. The molecule has 0 aromatic carbocycles. The Labute approximate surface area is 115 Å². The third-order valence-corrected chi connectivity index (χ3v) is 4.53. The topological polar surface area (TPSA) is 55.0 Å². The molecule has 19 heavy (non-hydrogen) atoms. The van der Waals surface area contributed by atoms with Crippen LogP contribution in [0, 0.1) is 12.8 Å². The van der Waals surface area contributed by atoms with Gasteiger partial charge in [-0.15, -0.1) is 0 Å². The van der Waals surface area contributed by atoms with Gasteiger partial charge in [0.15, 0.2) is 0 Å². The molecule has 0 spiro atoms. The van der Waals surface area contributed by atoms with Gasteiger partial charge in [0.25, 0.3) is 0 Å². The molecule has 3 rings (SSSR count). The Balaban J connectivity index is 1.94. The Morgan fingerprint density at radius 3 is 2.53 bits per heavy atom. The van der Waals surface area contributed by atoms with Gasteiger partial charge in [0.1, 0.15) is 17.5 Å². The summed E-state index contributed by atoms with van der Waals surface area (Å²) in [5.41, 5.74) is 7.14. The maximum absolute atomic E-state index is 6.09. The van der Waals surface area contributed by atoms with Crippen molar-refractivity contribution in [3.8, 4) is 0 Å². The zero-order valence-electron chi connectivity index (χ0n) is 12.2. The van der Waals surface area contributed by atoms with E-state index < -0.39 is 0 Å². The van der Waals surface area contributed by atoms with Crippen molar-refractivity contribution in [2.75, 3.05) is 17.2 Å². The predicted octanol–water partition coefficient (Wildman–Crippen LogP) is 2.87. The quantitative estimate of drug-likeness (QED) is 0.888. The first-order valence-electron chi connectivity index (χ1n) is 7.47. The van der Waals surface area contributed by atoms with E-state index in [2.05, 4.69) is 23.7 Å². The molecular weight excluding hydrogens is 236 g/mol. The second-order valence-corrected chi connectivity index (χ2v) is 6.36. The molecule has 1 saturated heterocycles. The first-order chi connectivity index (χ1) is 9.06. The molecule has 1 saturated carbocycles. The predicted molar refractivity (Wildman–Crippen MR) is 78.4 cm³/mol. The third kappa shape index (κ3) is 2.40. The van der Waals surface area contributed by atoms with Crippen molar-refractivity contribution in [3.05, 3.63) is 11.4 Å². The van der Waals surface area contributed by atoms with Crippen molar-refractivity contribution in [3.63, 3.8) is 0 Å². The summed E-state index contributed by atoms with van der Waals surface area (Å²) >= 11 is 0. The van der Waals surface area contributed by atoms with Crippen LogP contribution in [-0.2, 0) is 0 Å². The van der Waals surface area contributed by atoms with Gasteiger partial charge in [0.2, 0.25) is 0 Å². The van der Waals surface area contributed by atoms with Crippen LogP contribution in [0.1, 0.15) is 56.8 Å². The first kappa shape index (κ1) is 12.7. The Kier molecular flexibility index (Phi) is 3.11. The molecule has 1 aliphatic carbocycles. The highest BCUT2D eigenvalue weighted by atomic mass is 15.2. The van der Waals surface area contributed by atoms with Crippen molar-refractivity contribution in [2.24, 2.45) is 5.92 Å². The maximum atomic E-state index is 6.09. The summed E-state index contributed by atoms with van der Waals surface area (Å²) < 4.78 is 0. The molecule has 0 radical (unpaired) electrons. The van der Waals surface area contributed by atoms with Crippen molar-refractivity contribution in [1.82, 2.24) is 9.97 Å². The summed E-state index contributed by atoms with van der Waals surface area (Å²) in [6, 6.07) is 0.545. The number of rotatable bonds is 2. The number of nitrogen functional groups attached to an aromatic ring is 1. The van der Waals surface area contributed by atoms with Crippen molar-refractivity contribution in [2.45, 2.75) is 58.4 Å². The van der Waals surface area contributed by atoms with E-state index in [9.17, 15) is 0 Å². The number of nitrogens with two attached hydrogens (primary N) is 1. The molecule has 4 heteroatoms. The highest BCUT2D eigenvalue weighted by Gasteiger charge is 2.30. The van der Waals surface area contributed by atoms with Gasteiger partial charge in [-0.1, -0.05) is 6.92 Å². The van der Waals surface area contributed by atoms with Gasteiger partial charge in [-0.3, -0.25) is 0 Å². The van der Waals surface area contributed by atoms with E-state index in [4.69, 9.17) is 10.7 Å². The smallest absolute Gasteiger partial charge is 0.137 e. The Bertz CT molecular complexity index is 481. The molecule has 1 aromatic heterocycles. The van der Waals surface area contributed by atoms with Gasteiger partial charge >= 0.3 is 0 Å². The molecule has 2 unspecified atom stereocenters. The van der Waals surface area contributed by atoms with E-state index >= 15 is 0 Å². The molecule has 0 amide bonds.